The number of hydrogen-bond acceptors (Lipinski definition) is 2. The molecule has 2 unspecified atom stereocenters. The Morgan fingerprint density at radius 1 is 1.28 bits per heavy atom. The lowest BCUT2D eigenvalue weighted by Gasteiger charge is -2.34. The minimum absolute atomic E-state index is 0.0583. The second-order valence-electron chi connectivity index (χ2n) is 4.52. The average molecular weight is 267 g/mol. The normalized spacial score (nSPS) is 24.1. The lowest BCUT2D eigenvalue weighted by atomic mass is 10.0. The highest BCUT2D eigenvalue weighted by atomic mass is 35.5. The van der Waals surface area contributed by atoms with Crippen LogP contribution in [0.25, 0.3) is 0 Å². The Kier molecular flexibility index (Phi) is 3.57. The summed E-state index contributed by atoms with van der Waals surface area (Å²) >= 11 is 5.80. The van der Waals surface area contributed by atoms with Crippen LogP contribution in [0.2, 0.25) is 5.02 Å². The molecule has 1 saturated heterocycles. The van der Waals surface area contributed by atoms with Crippen LogP contribution in [-0.4, -0.2) is 35.8 Å². The van der Waals surface area contributed by atoms with Crippen LogP contribution in [0.1, 0.15) is 12.5 Å². The van der Waals surface area contributed by atoms with Crippen molar-refractivity contribution in [1.29, 1.82) is 0 Å². The van der Waals surface area contributed by atoms with Gasteiger partial charge in [0.15, 0.2) is 0 Å². The van der Waals surface area contributed by atoms with Crippen LogP contribution >= 0.6 is 11.6 Å². The quantitative estimate of drug-likeness (QED) is 0.875. The number of likely N-dealkylation sites (N-methyl/N-ethyl adjacent to an activating group) is 1. The summed E-state index contributed by atoms with van der Waals surface area (Å²) in [7, 11) is 1.65. The third-order valence-electron chi connectivity index (χ3n) is 3.28. The van der Waals surface area contributed by atoms with Crippen LogP contribution in [0.5, 0.6) is 0 Å². The van der Waals surface area contributed by atoms with Gasteiger partial charge in [-0.2, -0.15) is 0 Å². The standard InChI is InChI=1S/C13H15ClN2O2/c1-8-12(17)15-11(13(18)16(8)2)7-9-3-5-10(14)6-4-9/h3-6,8,11H,7H2,1-2H3,(H,15,17). The molecule has 1 aliphatic rings. The maximum atomic E-state index is 12.0. The zero-order valence-corrected chi connectivity index (χ0v) is 11.1. The van der Waals surface area contributed by atoms with Gasteiger partial charge in [-0.25, -0.2) is 0 Å². The van der Waals surface area contributed by atoms with E-state index in [-0.39, 0.29) is 11.8 Å². The van der Waals surface area contributed by atoms with E-state index in [9.17, 15) is 9.59 Å². The number of carbonyl (C=O) groups is 2. The molecule has 0 aromatic heterocycles. The van der Waals surface area contributed by atoms with E-state index in [1.807, 2.05) is 12.1 Å². The fourth-order valence-electron chi connectivity index (χ4n) is 1.96. The summed E-state index contributed by atoms with van der Waals surface area (Å²) in [6.07, 6.45) is 0.485. The van der Waals surface area contributed by atoms with Crippen molar-refractivity contribution in [3.05, 3.63) is 34.9 Å². The molecule has 1 heterocycles. The van der Waals surface area contributed by atoms with Crippen molar-refractivity contribution in [3.8, 4) is 0 Å². The maximum absolute atomic E-state index is 12.0. The second-order valence-corrected chi connectivity index (χ2v) is 4.95. The van der Waals surface area contributed by atoms with Crippen molar-refractivity contribution in [3.63, 3.8) is 0 Å². The molecule has 0 aliphatic carbocycles. The van der Waals surface area contributed by atoms with Crippen molar-refractivity contribution in [2.45, 2.75) is 25.4 Å². The van der Waals surface area contributed by atoms with E-state index in [1.165, 1.54) is 4.90 Å². The van der Waals surface area contributed by atoms with Gasteiger partial charge in [-0.1, -0.05) is 23.7 Å². The number of piperazine rings is 1. The smallest absolute Gasteiger partial charge is 0.245 e. The molecular weight excluding hydrogens is 252 g/mol. The van der Waals surface area contributed by atoms with Crippen LogP contribution in [0.4, 0.5) is 0 Å². The first kappa shape index (κ1) is 12.9. The van der Waals surface area contributed by atoms with Gasteiger partial charge in [0, 0.05) is 18.5 Å². The van der Waals surface area contributed by atoms with Gasteiger partial charge in [0.25, 0.3) is 0 Å². The molecule has 2 atom stereocenters. The lowest BCUT2D eigenvalue weighted by molar-refractivity contribution is -0.146. The molecule has 1 aliphatic heterocycles. The monoisotopic (exact) mass is 266 g/mol. The largest absolute Gasteiger partial charge is 0.342 e. The number of rotatable bonds is 2. The van der Waals surface area contributed by atoms with E-state index in [1.54, 1.807) is 26.1 Å². The molecule has 1 fully saturated rings. The van der Waals surface area contributed by atoms with Crippen molar-refractivity contribution >= 4 is 23.4 Å². The van der Waals surface area contributed by atoms with Crippen LogP contribution in [0.3, 0.4) is 0 Å². The topological polar surface area (TPSA) is 49.4 Å². The molecule has 5 heteroatoms. The predicted molar refractivity (Wildman–Crippen MR) is 69.3 cm³/mol. The fourth-order valence-corrected chi connectivity index (χ4v) is 2.09. The van der Waals surface area contributed by atoms with Crippen LogP contribution < -0.4 is 5.32 Å². The summed E-state index contributed by atoms with van der Waals surface area (Å²) in [4.78, 5) is 25.2. The summed E-state index contributed by atoms with van der Waals surface area (Å²) in [5, 5.41) is 3.40. The number of nitrogens with one attached hydrogen (secondary N) is 1. The van der Waals surface area contributed by atoms with E-state index in [0.717, 1.165) is 5.56 Å². The van der Waals surface area contributed by atoms with E-state index in [4.69, 9.17) is 11.6 Å². The van der Waals surface area contributed by atoms with Gasteiger partial charge in [-0.15, -0.1) is 0 Å². The summed E-state index contributed by atoms with van der Waals surface area (Å²) in [5.41, 5.74) is 0.973. The summed E-state index contributed by atoms with van der Waals surface area (Å²) in [5.74, 6) is -0.173. The van der Waals surface area contributed by atoms with Crippen molar-refractivity contribution in [2.75, 3.05) is 7.05 Å². The van der Waals surface area contributed by atoms with Crippen molar-refractivity contribution in [1.82, 2.24) is 10.2 Å². The first-order valence-corrected chi connectivity index (χ1v) is 6.18. The summed E-state index contributed by atoms with van der Waals surface area (Å²) in [6.45, 7) is 1.71. The first-order chi connectivity index (χ1) is 8.49. The highest BCUT2D eigenvalue weighted by Gasteiger charge is 2.35. The van der Waals surface area contributed by atoms with Crippen molar-refractivity contribution in [2.24, 2.45) is 0 Å². The molecule has 0 radical (unpaired) electrons. The molecule has 4 nitrogen and oxygen atoms in total. The minimum Gasteiger partial charge on any atom is -0.342 e. The number of benzene rings is 1. The molecule has 96 valence electrons. The maximum Gasteiger partial charge on any atom is 0.245 e. The van der Waals surface area contributed by atoms with Gasteiger partial charge in [0.1, 0.15) is 12.1 Å². The molecule has 2 amide bonds. The fraction of sp³-hybridized carbons (Fsp3) is 0.385. The Bertz CT molecular complexity index is 472. The van der Waals surface area contributed by atoms with Crippen LogP contribution in [-0.2, 0) is 16.0 Å². The molecule has 1 N–H and O–H groups in total. The Balaban J connectivity index is 2.11. The Hall–Kier alpha value is -1.55. The van der Waals surface area contributed by atoms with E-state index < -0.39 is 12.1 Å². The van der Waals surface area contributed by atoms with Gasteiger partial charge in [0.2, 0.25) is 11.8 Å². The average Bonchev–Trinajstić information content (AvgIpc) is 2.36. The SMILES string of the molecule is CC1C(=O)NC(Cc2ccc(Cl)cc2)C(=O)N1C. The van der Waals surface area contributed by atoms with Gasteiger partial charge in [-0.3, -0.25) is 9.59 Å². The number of amides is 2. The second kappa shape index (κ2) is 4.98. The van der Waals surface area contributed by atoms with Crippen LogP contribution in [0, 0.1) is 0 Å². The number of nitrogens with zero attached hydrogens (tertiary/aromatic N) is 1. The molecule has 2 rings (SSSR count). The summed E-state index contributed by atoms with van der Waals surface area (Å²) in [6, 6.07) is 6.38. The highest BCUT2D eigenvalue weighted by Crippen LogP contribution is 2.14. The Morgan fingerprint density at radius 2 is 1.89 bits per heavy atom. The van der Waals surface area contributed by atoms with Crippen molar-refractivity contribution < 1.29 is 9.59 Å². The van der Waals surface area contributed by atoms with Gasteiger partial charge < -0.3 is 10.2 Å². The van der Waals surface area contributed by atoms with Crippen LogP contribution in [0.15, 0.2) is 24.3 Å². The third kappa shape index (κ3) is 2.48. The summed E-state index contributed by atoms with van der Waals surface area (Å²) < 4.78 is 0. The zero-order valence-electron chi connectivity index (χ0n) is 10.3. The molecule has 1 aromatic carbocycles. The molecular formula is C13H15ClN2O2. The van der Waals surface area contributed by atoms with E-state index >= 15 is 0 Å². The highest BCUT2D eigenvalue weighted by molar-refractivity contribution is 6.30. The number of hydrogen-bond donors (Lipinski definition) is 1. The number of carbonyl (C=O) groups excluding carboxylic acids is 2. The van der Waals surface area contributed by atoms with Gasteiger partial charge >= 0.3 is 0 Å². The van der Waals surface area contributed by atoms with E-state index in [0.29, 0.717) is 11.4 Å². The zero-order chi connectivity index (χ0) is 13.3. The molecule has 18 heavy (non-hydrogen) atoms. The number of halogens is 1. The molecule has 0 saturated carbocycles. The lowest BCUT2D eigenvalue weighted by Crippen LogP contribution is -2.61. The molecule has 0 spiro atoms. The molecule has 1 aromatic rings. The third-order valence-corrected chi connectivity index (χ3v) is 3.53. The Labute approximate surface area is 111 Å². The predicted octanol–water partition coefficient (Wildman–Crippen LogP) is 1.23. The van der Waals surface area contributed by atoms with Gasteiger partial charge in [-0.05, 0) is 24.6 Å². The Morgan fingerprint density at radius 3 is 2.50 bits per heavy atom. The van der Waals surface area contributed by atoms with Gasteiger partial charge in [0.05, 0.1) is 0 Å². The molecule has 0 bridgehead atoms. The van der Waals surface area contributed by atoms with E-state index in [2.05, 4.69) is 5.32 Å². The minimum atomic E-state index is -0.486. The first-order valence-electron chi connectivity index (χ1n) is 5.80.